The molecule has 0 unspecified atom stereocenters. The Labute approximate surface area is 130 Å². The van der Waals surface area contributed by atoms with Gasteiger partial charge in [0.2, 0.25) is 5.91 Å². The number of hydrogen-bond acceptors (Lipinski definition) is 3. The van der Waals surface area contributed by atoms with Crippen molar-refractivity contribution in [2.75, 3.05) is 13.1 Å². The number of carbonyl (C=O) groups excluding carboxylic acids is 1. The molecule has 2 heterocycles. The summed E-state index contributed by atoms with van der Waals surface area (Å²) in [6.07, 6.45) is 1.25. The fourth-order valence-electron chi connectivity index (χ4n) is 3.67. The van der Waals surface area contributed by atoms with Crippen LogP contribution in [0.2, 0.25) is 0 Å². The SMILES string of the molecule is CC(C)N1C[C@H]2C[C@@H]1CN2C(=O)Cc1ccc(C#N)c(F)c1. The first-order valence-electron chi connectivity index (χ1n) is 7.73. The van der Waals surface area contributed by atoms with Crippen molar-refractivity contribution in [2.45, 2.75) is 44.8 Å². The lowest BCUT2D eigenvalue weighted by Gasteiger charge is -2.36. The Bertz CT molecular complexity index is 637. The van der Waals surface area contributed by atoms with Gasteiger partial charge in [0.1, 0.15) is 11.9 Å². The molecule has 0 N–H and O–H groups in total. The predicted molar refractivity (Wildman–Crippen MR) is 80.6 cm³/mol. The number of nitrogens with zero attached hydrogens (tertiary/aromatic N) is 3. The third kappa shape index (κ3) is 2.59. The van der Waals surface area contributed by atoms with Crippen LogP contribution in [0.5, 0.6) is 0 Å². The highest BCUT2D eigenvalue weighted by Gasteiger charge is 2.45. The van der Waals surface area contributed by atoms with Crippen LogP contribution in [0.25, 0.3) is 0 Å². The van der Waals surface area contributed by atoms with E-state index < -0.39 is 5.82 Å². The molecule has 0 spiro atoms. The van der Waals surface area contributed by atoms with Gasteiger partial charge in [-0.25, -0.2) is 4.39 Å². The van der Waals surface area contributed by atoms with Crippen LogP contribution in [0, 0.1) is 17.1 Å². The van der Waals surface area contributed by atoms with Crippen LogP contribution in [0.1, 0.15) is 31.4 Å². The molecule has 2 bridgehead atoms. The van der Waals surface area contributed by atoms with Gasteiger partial charge in [-0.2, -0.15) is 5.26 Å². The maximum atomic E-state index is 13.6. The maximum absolute atomic E-state index is 13.6. The van der Waals surface area contributed by atoms with Crippen molar-refractivity contribution in [3.8, 4) is 6.07 Å². The van der Waals surface area contributed by atoms with E-state index in [0.29, 0.717) is 23.7 Å². The van der Waals surface area contributed by atoms with E-state index in [1.807, 2.05) is 4.90 Å². The van der Waals surface area contributed by atoms with E-state index in [-0.39, 0.29) is 17.9 Å². The van der Waals surface area contributed by atoms with Crippen molar-refractivity contribution in [1.29, 1.82) is 5.26 Å². The molecule has 1 aromatic rings. The van der Waals surface area contributed by atoms with Gasteiger partial charge in [0.15, 0.2) is 0 Å². The van der Waals surface area contributed by atoms with Gasteiger partial charge in [0.25, 0.3) is 0 Å². The maximum Gasteiger partial charge on any atom is 0.227 e. The fraction of sp³-hybridized carbons (Fsp3) is 0.529. The summed E-state index contributed by atoms with van der Waals surface area (Å²) in [5.41, 5.74) is 0.647. The van der Waals surface area contributed by atoms with Crippen LogP contribution in [-0.4, -0.2) is 46.9 Å². The van der Waals surface area contributed by atoms with Crippen LogP contribution < -0.4 is 0 Å². The molecule has 4 nitrogen and oxygen atoms in total. The molecule has 116 valence electrons. The second-order valence-electron chi connectivity index (χ2n) is 6.48. The average molecular weight is 301 g/mol. The van der Waals surface area contributed by atoms with Gasteiger partial charge in [-0.1, -0.05) is 6.07 Å². The largest absolute Gasteiger partial charge is 0.337 e. The number of rotatable bonds is 3. The van der Waals surface area contributed by atoms with Gasteiger partial charge < -0.3 is 4.90 Å². The minimum Gasteiger partial charge on any atom is -0.337 e. The molecule has 22 heavy (non-hydrogen) atoms. The number of hydrogen-bond donors (Lipinski definition) is 0. The van der Waals surface area contributed by atoms with E-state index >= 15 is 0 Å². The van der Waals surface area contributed by atoms with Crippen molar-refractivity contribution < 1.29 is 9.18 Å². The van der Waals surface area contributed by atoms with E-state index in [4.69, 9.17) is 5.26 Å². The molecule has 2 saturated heterocycles. The summed E-state index contributed by atoms with van der Waals surface area (Å²) in [6.45, 7) is 6.09. The van der Waals surface area contributed by atoms with E-state index in [0.717, 1.165) is 19.5 Å². The van der Waals surface area contributed by atoms with E-state index in [1.165, 1.54) is 12.1 Å². The number of halogens is 1. The van der Waals surface area contributed by atoms with Gasteiger partial charge in [-0.3, -0.25) is 9.69 Å². The lowest BCUT2D eigenvalue weighted by molar-refractivity contribution is -0.133. The number of fused-ring (bicyclic) bond motifs is 2. The molecule has 2 aliphatic heterocycles. The van der Waals surface area contributed by atoms with Gasteiger partial charge in [-0.15, -0.1) is 0 Å². The monoisotopic (exact) mass is 301 g/mol. The normalized spacial score (nSPS) is 24.0. The number of piperazine rings is 1. The predicted octanol–water partition coefficient (Wildman–Crippen LogP) is 1.93. The molecular weight excluding hydrogens is 281 g/mol. The van der Waals surface area contributed by atoms with Crippen LogP contribution >= 0.6 is 0 Å². The van der Waals surface area contributed by atoms with Crippen molar-refractivity contribution in [3.05, 3.63) is 35.1 Å². The first-order valence-corrected chi connectivity index (χ1v) is 7.73. The van der Waals surface area contributed by atoms with E-state index in [2.05, 4.69) is 18.7 Å². The van der Waals surface area contributed by atoms with Crippen molar-refractivity contribution >= 4 is 5.91 Å². The van der Waals surface area contributed by atoms with Gasteiger partial charge in [-0.05, 0) is 38.0 Å². The summed E-state index contributed by atoms with van der Waals surface area (Å²) in [5, 5.41) is 8.74. The molecule has 1 aromatic carbocycles. The number of likely N-dealkylation sites (tertiary alicyclic amines) is 2. The highest BCUT2D eigenvalue weighted by Crippen LogP contribution is 2.32. The molecule has 0 aliphatic carbocycles. The second-order valence-corrected chi connectivity index (χ2v) is 6.48. The molecule has 0 radical (unpaired) electrons. The zero-order valence-electron chi connectivity index (χ0n) is 12.9. The summed E-state index contributed by atoms with van der Waals surface area (Å²) >= 11 is 0. The van der Waals surface area contributed by atoms with Crippen LogP contribution in [-0.2, 0) is 11.2 Å². The minimum atomic E-state index is -0.554. The van der Waals surface area contributed by atoms with E-state index in [9.17, 15) is 9.18 Å². The number of nitriles is 1. The Hall–Kier alpha value is -1.93. The Kier molecular flexibility index (Phi) is 3.88. The zero-order chi connectivity index (χ0) is 15.9. The molecule has 3 rings (SSSR count). The third-order valence-electron chi connectivity index (χ3n) is 4.78. The molecule has 2 aliphatic rings. The standard InChI is InChI=1S/C17H20FN3O/c1-11(2)20-9-15-7-14(20)10-21(15)17(22)6-12-3-4-13(8-19)16(18)5-12/h3-5,11,14-15H,6-7,9-10H2,1-2H3/t14-,15-/m1/s1. The highest BCUT2D eigenvalue weighted by molar-refractivity contribution is 5.79. The van der Waals surface area contributed by atoms with Gasteiger partial charge >= 0.3 is 0 Å². The lowest BCUT2D eigenvalue weighted by Crippen LogP contribution is -2.51. The minimum absolute atomic E-state index is 0.0176. The molecule has 2 atom stereocenters. The zero-order valence-corrected chi connectivity index (χ0v) is 12.9. The first-order chi connectivity index (χ1) is 10.5. The Morgan fingerprint density at radius 3 is 2.73 bits per heavy atom. The summed E-state index contributed by atoms with van der Waals surface area (Å²) in [7, 11) is 0. The summed E-state index contributed by atoms with van der Waals surface area (Å²) < 4.78 is 13.6. The van der Waals surface area contributed by atoms with Crippen molar-refractivity contribution in [2.24, 2.45) is 0 Å². The summed E-state index contributed by atoms with van der Waals surface area (Å²) in [6, 6.07) is 7.46. The molecule has 2 fully saturated rings. The summed E-state index contributed by atoms with van der Waals surface area (Å²) in [5.74, 6) is -0.498. The topological polar surface area (TPSA) is 47.3 Å². The Balaban J connectivity index is 1.65. The van der Waals surface area contributed by atoms with Crippen molar-refractivity contribution in [3.63, 3.8) is 0 Å². The summed E-state index contributed by atoms with van der Waals surface area (Å²) in [4.78, 5) is 16.9. The average Bonchev–Trinajstić information content (AvgIpc) is 3.07. The number of amides is 1. The first kappa shape index (κ1) is 15.0. The molecule has 5 heteroatoms. The van der Waals surface area contributed by atoms with Crippen LogP contribution in [0.3, 0.4) is 0 Å². The quantitative estimate of drug-likeness (QED) is 0.857. The molecular formula is C17H20FN3O. The van der Waals surface area contributed by atoms with Crippen LogP contribution in [0.4, 0.5) is 4.39 Å². The highest BCUT2D eigenvalue weighted by atomic mass is 19.1. The second kappa shape index (κ2) is 5.69. The molecule has 0 saturated carbocycles. The Morgan fingerprint density at radius 1 is 1.41 bits per heavy atom. The van der Waals surface area contributed by atoms with Gasteiger partial charge in [0, 0.05) is 31.2 Å². The molecule has 0 aromatic heterocycles. The van der Waals surface area contributed by atoms with Crippen molar-refractivity contribution in [1.82, 2.24) is 9.80 Å². The third-order valence-corrected chi connectivity index (χ3v) is 4.78. The number of benzene rings is 1. The molecule has 1 amide bonds. The van der Waals surface area contributed by atoms with Gasteiger partial charge in [0.05, 0.1) is 12.0 Å². The Morgan fingerprint density at radius 2 is 2.18 bits per heavy atom. The smallest absolute Gasteiger partial charge is 0.227 e. The van der Waals surface area contributed by atoms with E-state index in [1.54, 1.807) is 12.1 Å². The van der Waals surface area contributed by atoms with Crippen LogP contribution in [0.15, 0.2) is 18.2 Å². The lowest BCUT2D eigenvalue weighted by atomic mass is 10.1. The fourth-order valence-corrected chi connectivity index (χ4v) is 3.67. The number of carbonyl (C=O) groups is 1.